The van der Waals surface area contributed by atoms with E-state index in [-0.39, 0.29) is 24.4 Å². The van der Waals surface area contributed by atoms with Crippen LogP contribution in [0.25, 0.3) is 0 Å². The molecule has 0 aliphatic carbocycles. The molecule has 0 aromatic carbocycles. The first-order chi connectivity index (χ1) is 8.65. The first-order valence-electron chi connectivity index (χ1n) is 6.94. The molecule has 5 nitrogen and oxygen atoms in total. The van der Waals surface area contributed by atoms with Gasteiger partial charge < -0.3 is 10.2 Å². The van der Waals surface area contributed by atoms with E-state index in [2.05, 4.69) is 10.6 Å². The highest BCUT2D eigenvalue weighted by molar-refractivity contribution is 5.83. The van der Waals surface area contributed by atoms with Crippen LogP contribution in [0, 0.1) is 0 Å². The second-order valence-electron chi connectivity index (χ2n) is 4.84. The van der Waals surface area contributed by atoms with Gasteiger partial charge in [0.15, 0.2) is 0 Å². The van der Waals surface area contributed by atoms with Crippen LogP contribution in [-0.4, -0.2) is 48.9 Å². The quantitative estimate of drug-likeness (QED) is 0.726. The Bertz CT molecular complexity index is 275. The van der Waals surface area contributed by atoms with Crippen molar-refractivity contribution < 1.29 is 9.59 Å². The molecule has 1 atom stereocenters. The number of likely N-dealkylation sites (tertiary alicyclic amines) is 1. The van der Waals surface area contributed by atoms with Crippen LogP contribution in [0.3, 0.4) is 0 Å². The molecule has 1 aliphatic rings. The van der Waals surface area contributed by atoms with Crippen molar-refractivity contribution >= 4 is 11.8 Å². The Morgan fingerprint density at radius 1 is 1.22 bits per heavy atom. The molecule has 18 heavy (non-hydrogen) atoms. The number of hydrogen-bond donors (Lipinski definition) is 2. The van der Waals surface area contributed by atoms with Gasteiger partial charge >= 0.3 is 0 Å². The minimum Gasteiger partial charge on any atom is -0.355 e. The summed E-state index contributed by atoms with van der Waals surface area (Å²) in [6, 6.07) is -0.282. The lowest BCUT2D eigenvalue weighted by atomic mass is 10.1. The lowest BCUT2D eigenvalue weighted by Crippen LogP contribution is -2.49. The van der Waals surface area contributed by atoms with Crippen LogP contribution in [0.4, 0.5) is 0 Å². The molecule has 0 aromatic heterocycles. The van der Waals surface area contributed by atoms with Gasteiger partial charge in [-0.1, -0.05) is 6.92 Å². The summed E-state index contributed by atoms with van der Waals surface area (Å²) in [6.45, 7) is 6.44. The number of carbonyl (C=O) groups excluding carboxylic acids is 2. The number of rotatable bonds is 6. The Hall–Kier alpha value is -1.10. The second kappa shape index (κ2) is 8.08. The number of nitrogens with zero attached hydrogens (tertiary/aromatic N) is 1. The maximum atomic E-state index is 12.1. The van der Waals surface area contributed by atoms with Crippen LogP contribution < -0.4 is 10.6 Å². The van der Waals surface area contributed by atoms with Gasteiger partial charge in [0, 0.05) is 19.6 Å². The molecule has 0 radical (unpaired) electrons. The van der Waals surface area contributed by atoms with E-state index in [1.54, 1.807) is 0 Å². The minimum absolute atomic E-state index is 0.0462. The van der Waals surface area contributed by atoms with E-state index in [0.29, 0.717) is 6.54 Å². The van der Waals surface area contributed by atoms with Crippen LogP contribution in [0.5, 0.6) is 0 Å². The smallest absolute Gasteiger partial charge is 0.239 e. The van der Waals surface area contributed by atoms with Crippen molar-refractivity contribution in [1.82, 2.24) is 15.5 Å². The summed E-state index contributed by atoms with van der Waals surface area (Å²) < 4.78 is 0. The SMILES string of the molecule is CCCNC(=O)CNC(C)C(=O)N1CCCCC1. The predicted molar refractivity (Wildman–Crippen MR) is 71.2 cm³/mol. The van der Waals surface area contributed by atoms with E-state index in [1.807, 2.05) is 18.7 Å². The Balaban J connectivity index is 2.24. The fourth-order valence-corrected chi connectivity index (χ4v) is 2.05. The van der Waals surface area contributed by atoms with Crippen molar-refractivity contribution in [1.29, 1.82) is 0 Å². The number of piperidine rings is 1. The van der Waals surface area contributed by atoms with Gasteiger partial charge in [-0.15, -0.1) is 0 Å². The molecular formula is C13H25N3O2. The summed E-state index contributed by atoms with van der Waals surface area (Å²) >= 11 is 0. The molecule has 1 unspecified atom stereocenters. The Labute approximate surface area is 109 Å². The highest BCUT2D eigenvalue weighted by atomic mass is 16.2. The molecule has 2 N–H and O–H groups in total. The largest absolute Gasteiger partial charge is 0.355 e. The zero-order valence-electron chi connectivity index (χ0n) is 11.5. The van der Waals surface area contributed by atoms with Crippen LogP contribution in [0.15, 0.2) is 0 Å². The lowest BCUT2D eigenvalue weighted by molar-refractivity contribution is -0.134. The first kappa shape index (κ1) is 15.0. The van der Waals surface area contributed by atoms with E-state index in [4.69, 9.17) is 0 Å². The van der Waals surface area contributed by atoms with Gasteiger partial charge in [-0.05, 0) is 32.6 Å². The van der Waals surface area contributed by atoms with Gasteiger partial charge in [-0.3, -0.25) is 14.9 Å². The minimum atomic E-state index is -0.282. The van der Waals surface area contributed by atoms with Gasteiger partial charge in [0.1, 0.15) is 0 Å². The Kier molecular flexibility index (Phi) is 6.72. The van der Waals surface area contributed by atoms with E-state index >= 15 is 0 Å². The highest BCUT2D eigenvalue weighted by Crippen LogP contribution is 2.09. The van der Waals surface area contributed by atoms with Crippen molar-refractivity contribution in [2.24, 2.45) is 0 Å². The number of carbonyl (C=O) groups is 2. The topological polar surface area (TPSA) is 61.4 Å². The summed E-state index contributed by atoms with van der Waals surface area (Å²) in [5.41, 5.74) is 0. The predicted octanol–water partition coefficient (Wildman–Crippen LogP) is 0.503. The molecule has 1 rings (SSSR count). The first-order valence-corrected chi connectivity index (χ1v) is 6.94. The third-order valence-electron chi connectivity index (χ3n) is 3.18. The Morgan fingerprint density at radius 3 is 2.50 bits per heavy atom. The Morgan fingerprint density at radius 2 is 1.89 bits per heavy atom. The molecule has 1 saturated heterocycles. The van der Waals surface area contributed by atoms with Crippen molar-refractivity contribution in [2.45, 2.75) is 45.6 Å². The summed E-state index contributed by atoms with van der Waals surface area (Å²) in [5.74, 6) is 0.0631. The van der Waals surface area contributed by atoms with Crippen molar-refractivity contribution in [3.8, 4) is 0 Å². The monoisotopic (exact) mass is 255 g/mol. The molecule has 104 valence electrons. The average molecular weight is 255 g/mol. The molecule has 0 spiro atoms. The number of amides is 2. The maximum absolute atomic E-state index is 12.1. The normalized spacial score (nSPS) is 17.3. The molecule has 2 amide bonds. The van der Waals surface area contributed by atoms with Crippen LogP contribution in [0.2, 0.25) is 0 Å². The molecule has 1 aliphatic heterocycles. The zero-order chi connectivity index (χ0) is 13.4. The fourth-order valence-electron chi connectivity index (χ4n) is 2.05. The standard InChI is InChI=1S/C13H25N3O2/c1-3-7-14-12(17)10-15-11(2)13(18)16-8-5-4-6-9-16/h11,15H,3-10H2,1-2H3,(H,14,17). The highest BCUT2D eigenvalue weighted by Gasteiger charge is 2.21. The summed E-state index contributed by atoms with van der Waals surface area (Å²) in [4.78, 5) is 25.4. The molecule has 0 bridgehead atoms. The van der Waals surface area contributed by atoms with E-state index < -0.39 is 0 Å². The van der Waals surface area contributed by atoms with Crippen LogP contribution in [0.1, 0.15) is 39.5 Å². The van der Waals surface area contributed by atoms with Crippen LogP contribution in [-0.2, 0) is 9.59 Å². The summed E-state index contributed by atoms with van der Waals surface area (Å²) in [6.07, 6.45) is 4.32. The number of nitrogens with one attached hydrogen (secondary N) is 2. The van der Waals surface area contributed by atoms with E-state index in [0.717, 1.165) is 32.4 Å². The third-order valence-corrected chi connectivity index (χ3v) is 3.18. The van der Waals surface area contributed by atoms with Crippen LogP contribution >= 0.6 is 0 Å². The van der Waals surface area contributed by atoms with Gasteiger partial charge in [0.2, 0.25) is 11.8 Å². The lowest BCUT2D eigenvalue weighted by Gasteiger charge is -2.29. The third kappa shape index (κ3) is 5.04. The van der Waals surface area contributed by atoms with Gasteiger partial charge in [0.25, 0.3) is 0 Å². The molecule has 1 heterocycles. The summed E-state index contributed by atoms with van der Waals surface area (Å²) in [7, 11) is 0. The summed E-state index contributed by atoms with van der Waals surface area (Å²) in [5, 5.41) is 5.76. The fraction of sp³-hybridized carbons (Fsp3) is 0.846. The van der Waals surface area contributed by atoms with Gasteiger partial charge in [-0.2, -0.15) is 0 Å². The maximum Gasteiger partial charge on any atom is 0.239 e. The van der Waals surface area contributed by atoms with Crippen molar-refractivity contribution in [3.05, 3.63) is 0 Å². The van der Waals surface area contributed by atoms with Crippen molar-refractivity contribution in [3.63, 3.8) is 0 Å². The van der Waals surface area contributed by atoms with Gasteiger partial charge in [0.05, 0.1) is 12.6 Å². The molecule has 0 saturated carbocycles. The van der Waals surface area contributed by atoms with Gasteiger partial charge in [-0.25, -0.2) is 0 Å². The molecule has 5 heteroatoms. The molecule has 1 fully saturated rings. The van der Waals surface area contributed by atoms with E-state index in [1.165, 1.54) is 6.42 Å². The molecule has 0 aromatic rings. The number of hydrogen-bond acceptors (Lipinski definition) is 3. The van der Waals surface area contributed by atoms with Crippen molar-refractivity contribution in [2.75, 3.05) is 26.2 Å². The average Bonchev–Trinajstić information content (AvgIpc) is 2.42. The second-order valence-corrected chi connectivity index (χ2v) is 4.84. The van der Waals surface area contributed by atoms with E-state index in [9.17, 15) is 9.59 Å². The zero-order valence-corrected chi connectivity index (χ0v) is 11.5. The molecular weight excluding hydrogens is 230 g/mol.